The van der Waals surface area contributed by atoms with Crippen LogP contribution in [0.3, 0.4) is 0 Å². The summed E-state index contributed by atoms with van der Waals surface area (Å²) in [6, 6.07) is 10.4. The van der Waals surface area contributed by atoms with E-state index >= 15 is 0 Å². The Morgan fingerprint density at radius 3 is 2.59 bits per heavy atom. The van der Waals surface area contributed by atoms with E-state index in [0.29, 0.717) is 17.0 Å². The van der Waals surface area contributed by atoms with Gasteiger partial charge in [0.05, 0.1) is 16.9 Å². The van der Waals surface area contributed by atoms with E-state index in [2.05, 4.69) is 16.0 Å². The largest absolute Gasteiger partial charge is 0.465 e. The zero-order chi connectivity index (χ0) is 19.8. The molecule has 0 saturated heterocycles. The SMILES string of the molecule is CN(C)c1cccc(Oc2cc3c(cc2NC(=O)O)NC(C)(C)NC3=O)c1. The molecule has 8 heteroatoms. The quantitative estimate of drug-likeness (QED) is 0.657. The van der Waals surface area contributed by atoms with Gasteiger partial charge in [0.2, 0.25) is 0 Å². The number of anilines is 3. The van der Waals surface area contributed by atoms with Crippen LogP contribution in [0.2, 0.25) is 0 Å². The molecule has 27 heavy (non-hydrogen) atoms. The first-order valence-corrected chi connectivity index (χ1v) is 8.38. The number of nitrogens with zero attached hydrogens (tertiary/aromatic N) is 1. The number of ether oxygens (including phenoxy) is 1. The summed E-state index contributed by atoms with van der Waals surface area (Å²) in [6.45, 7) is 3.63. The van der Waals surface area contributed by atoms with Crippen LogP contribution in [0.15, 0.2) is 36.4 Å². The Morgan fingerprint density at radius 2 is 1.93 bits per heavy atom. The Kier molecular flexibility index (Phi) is 4.57. The third-order valence-electron chi connectivity index (χ3n) is 4.04. The van der Waals surface area contributed by atoms with Crippen molar-refractivity contribution in [3.05, 3.63) is 42.0 Å². The summed E-state index contributed by atoms with van der Waals surface area (Å²) in [5, 5.41) is 17.5. The van der Waals surface area contributed by atoms with Gasteiger partial charge in [0.15, 0.2) is 5.75 Å². The summed E-state index contributed by atoms with van der Waals surface area (Å²) in [6.07, 6.45) is -1.22. The number of hydrogen-bond donors (Lipinski definition) is 4. The molecule has 0 radical (unpaired) electrons. The van der Waals surface area contributed by atoms with Crippen LogP contribution in [0, 0.1) is 0 Å². The van der Waals surface area contributed by atoms with Crippen LogP contribution in [-0.4, -0.2) is 36.9 Å². The van der Waals surface area contributed by atoms with E-state index in [4.69, 9.17) is 9.84 Å². The van der Waals surface area contributed by atoms with Gasteiger partial charge in [0.1, 0.15) is 11.4 Å². The number of hydrogen-bond acceptors (Lipinski definition) is 5. The summed E-state index contributed by atoms with van der Waals surface area (Å²) < 4.78 is 5.91. The fraction of sp³-hybridized carbons (Fsp3) is 0.263. The van der Waals surface area contributed by atoms with E-state index in [1.54, 1.807) is 12.1 Å². The molecule has 0 saturated carbocycles. The normalized spacial score (nSPS) is 14.4. The number of fused-ring (bicyclic) bond motifs is 1. The van der Waals surface area contributed by atoms with Gasteiger partial charge in [-0.25, -0.2) is 4.79 Å². The van der Waals surface area contributed by atoms with E-state index in [-0.39, 0.29) is 17.3 Å². The molecule has 0 atom stereocenters. The first-order valence-electron chi connectivity index (χ1n) is 8.38. The van der Waals surface area contributed by atoms with Crippen molar-refractivity contribution >= 4 is 29.1 Å². The second kappa shape index (κ2) is 6.71. The topological polar surface area (TPSA) is 103 Å². The minimum Gasteiger partial charge on any atom is -0.465 e. The fourth-order valence-electron chi connectivity index (χ4n) is 2.84. The van der Waals surface area contributed by atoms with Crippen LogP contribution >= 0.6 is 0 Å². The molecule has 2 aromatic carbocycles. The maximum atomic E-state index is 12.4. The van der Waals surface area contributed by atoms with Gasteiger partial charge < -0.3 is 25.4 Å². The molecular formula is C19H22N4O4. The molecule has 2 amide bonds. The van der Waals surface area contributed by atoms with Gasteiger partial charge >= 0.3 is 6.09 Å². The van der Waals surface area contributed by atoms with Gasteiger partial charge in [-0.2, -0.15) is 0 Å². The Hall–Kier alpha value is -3.42. The summed E-state index contributed by atoms with van der Waals surface area (Å²) in [7, 11) is 3.82. The Labute approximate surface area is 157 Å². The number of amides is 2. The van der Waals surface area contributed by atoms with E-state index < -0.39 is 11.8 Å². The Morgan fingerprint density at radius 1 is 1.19 bits per heavy atom. The average molecular weight is 370 g/mol. The van der Waals surface area contributed by atoms with Crippen molar-refractivity contribution in [2.75, 3.05) is 29.6 Å². The van der Waals surface area contributed by atoms with E-state index in [1.165, 1.54) is 6.07 Å². The Bertz CT molecular complexity index is 909. The molecule has 0 fully saturated rings. The molecule has 4 N–H and O–H groups in total. The van der Waals surface area contributed by atoms with Gasteiger partial charge in [-0.15, -0.1) is 0 Å². The van der Waals surface area contributed by atoms with Crippen molar-refractivity contribution in [1.29, 1.82) is 0 Å². The molecule has 8 nitrogen and oxygen atoms in total. The summed E-state index contributed by atoms with van der Waals surface area (Å²) >= 11 is 0. The van der Waals surface area contributed by atoms with E-state index in [0.717, 1.165) is 5.69 Å². The van der Waals surface area contributed by atoms with Gasteiger partial charge in [0.25, 0.3) is 5.91 Å². The highest BCUT2D eigenvalue weighted by atomic mass is 16.5. The zero-order valence-electron chi connectivity index (χ0n) is 15.6. The van der Waals surface area contributed by atoms with Crippen LogP contribution in [-0.2, 0) is 0 Å². The monoisotopic (exact) mass is 370 g/mol. The lowest BCUT2D eigenvalue weighted by Crippen LogP contribution is -2.53. The molecule has 1 heterocycles. The van der Waals surface area contributed by atoms with Crippen molar-refractivity contribution < 1.29 is 19.4 Å². The molecule has 1 aliphatic rings. The number of nitrogens with one attached hydrogen (secondary N) is 3. The van der Waals surface area contributed by atoms with Crippen molar-refractivity contribution in [1.82, 2.24) is 5.32 Å². The standard InChI is InChI=1S/C19H22N4O4/c1-19(2)21-14-10-15(20-18(25)26)16(9-13(14)17(24)22-19)27-12-7-5-6-11(8-12)23(3)4/h5-10,20-21H,1-4H3,(H,22,24)(H,25,26). The predicted octanol–water partition coefficient (Wildman–Crippen LogP) is 3.53. The fourth-order valence-corrected chi connectivity index (χ4v) is 2.84. The lowest BCUT2D eigenvalue weighted by atomic mass is 10.0. The van der Waals surface area contributed by atoms with Crippen LogP contribution in [0.5, 0.6) is 11.5 Å². The van der Waals surface area contributed by atoms with Crippen LogP contribution in [0.4, 0.5) is 21.9 Å². The molecule has 0 spiro atoms. The molecule has 0 unspecified atom stereocenters. The first-order chi connectivity index (χ1) is 12.6. The number of rotatable bonds is 4. The number of carboxylic acid groups (broad SMARTS) is 1. The zero-order valence-corrected chi connectivity index (χ0v) is 15.6. The third-order valence-corrected chi connectivity index (χ3v) is 4.04. The maximum absolute atomic E-state index is 12.4. The predicted molar refractivity (Wildman–Crippen MR) is 104 cm³/mol. The summed E-state index contributed by atoms with van der Waals surface area (Å²) in [5.41, 5.74) is 1.44. The van der Waals surface area contributed by atoms with Crippen molar-refractivity contribution in [3.8, 4) is 11.5 Å². The molecule has 142 valence electrons. The van der Waals surface area contributed by atoms with Crippen molar-refractivity contribution in [2.24, 2.45) is 0 Å². The van der Waals surface area contributed by atoms with E-state index in [1.807, 2.05) is 51.0 Å². The second-order valence-electron chi connectivity index (χ2n) is 7.02. The van der Waals surface area contributed by atoms with Gasteiger partial charge in [0, 0.05) is 25.8 Å². The Balaban J connectivity index is 2.03. The molecular weight excluding hydrogens is 348 g/mol. The highest BCUT2D eigenvalue weighted by Gasteiger charge is 2.30. The van der Waals surface area contributed by atoms with Crippen molar-refractivity contribution in [3.63, 3.8) is 0 Å². The second-order valence-corrected chi connectivity index (χ2v) is 7.02. The van der Waals surface area contributed by atoms with Crippen molar-refractivity contribution in [2.45, 2.75) is 19.5 Å². The van der Waals surface area contributed by atoms with Crippen LogP contribution in [0.1, 0.15) is 24.2 Å². The lowest BCUT2D eigenvalue weighted by molar-refractivity contribution is 0.0914. The number of carbonyl (C=O) groups is 2. The smallest absolute Gasteiger partial charge is 0.409 e. The molecule has 0 aromatic heterocycles. The molecule has 2 aromatic rings. The van der Waals surface area contributed by atoms with Crippen LogP contribution in [0.25, 0.3) is 0 Å². The van der Waals surface area contributed by atoms with Gasteiger partial charge in [-0.05, 0) is 38.1 Å². The molecule has 0 bridgehead atoms. The third kappa shape index (κ3) is 4.05. The highest BCUT2D eigenvalue weighted by molar-refractivity contribution is 6.04. The number of carbonyl (C=O) groups excluding carboxylic acids is 1. The minimum absolute atomic E-state index is 0.240. The summed E-state index contributed by atoms with van der Waals surface area (Å²) in [4.78, 5) is 25.6. The average Bonchev–Trinajstić information content (AvgIpc) is 2.55. The number of benzene rings is 2. The molecule has 3 rings (SSSR count). The van der Waals surface area contributed by atoms with Crippen LogP contribution < -0.4 is 25.6 Å². The minimum atomic E-state index is -1.22. The summed E-state index contributed by atoms with van der Waals surface area (Å²) in [5.74, 6) is 0.505. The lowest BCUT2D eigenvalue weighted by Gasteiger charge is -2.35. The first kappa shape index (κ1) is 18.4. The molecule has 0 aliphatic carbocycles. The van der Waals surface area contributed by atoms with E-state index in [9.17, 15) is 9.59 Å². The maximum Gasteiger partial charge on any atom is 0.409 e. The van der Waals surface area contributed by atoms with Gasteiger partial charge in [-0.3, -0.25) is 10.1 Å². The molecule has 1 aliphatic heterocycles. The van der Waals surface area contributed by atoms with Gasteiger partial charge in [-0.1, -0.05) is 6.07 Å². The highest BCUT2D eigenvalue weighted by Crippen LogP contribution is 2.38.